The first-order valence-electron chi connectivity index (χ1n) is 10.8. The Balaban J connectivity index is 1.19. The highest BCUT2D eigenvalue weighted by Crippen LogP contribution is 2.43. The van der Waals surface area contributed by atoms with Crippen molar-refractivity contribution in [1.82, 2.24) is 20.9 Å². The monoisotopic (exact) mass is 396 g/mol. The summed E-state index contributed by atoms with van der Waals surface area (Å²) >= 11 is 0. The van der Waals surface area contributed by atoms with Gasteiger partial charge in [-0.3, -0.25) is 19.7 Å². The van der Waals surface area contributed by atoms with Crippen LogP contribution in [0.4, 0.5) is 0 Å². The number of nitrogens with one attached hydrogen (secondary N) is 3. The Bertz CT molecular complexity index is 864. The fourth-order valence-electron chi connectivity index (χ4n) is 5.11. The molecule has 3 fully saturated rings. The average Bonchev–Trinajstić information content (AvgIpc) is 3.36. The summed E-state index contributed by atoms with van der Waals surface area (Å²) in [5.41, 5.74) is 3.19. The van der Waals surface area contributed by atoms with E-state index in [4.69, 9.17) is 0 Å². The smallest absolute Gasteiger partial charge is 0.255 e. The highest BCUT2D eigenvalue weighted by Gasteiger charge is 2.45. The molecule has 7 heteroatoms. The van der Waals surface area contributed by atoms with E-state index in [1.165, 1.54) is 25.7 Å². The van der Waals surface area contributed by atoms with Gasteiger partial charge in [0.05, 0.1) is 0 Å². The number of carbonyl (C=O) groups excluding carboxylic acids is 3. The normalized spacial score (nSPS) is 27.9. The van der Waals surface area contributed by atoms with Crippen LogP contribution in [0.3, 0.4) is 0 Å². The molecule has 5 rings (SSSR count). The number of rotatable bonds is 5. The molecule has 3 heterocycles. The van der Waals surface area contributed by atoms with Crippen LogP contribution >= 0.6 is 0 Å². The molecule has 1 aliphatic carbocycles. The molecule has 1 spiro atoms. The quantitative estimate of drug-likeness (QED) is 0.648. The first-order valence-corrected chi connectivity index (χ1v) is 10.8. The van der Waals surface area contributed by atoms with E-state index in [1.807, 2.05) is 12.1 Å². The Labute approximate surface area is 170 Å². The van der Waals surface area contributed by atoms with Gasteiger partial charge in [-0.15, -0.1) is 0 Å². The lowest BCUT2D eigenvalue weighted by molar-refractivity contribution is -0.136. The molecule has 3 amide bonds. The summed E-state index contributed by atoms with van der Waals surface area (Å²) in [5, 5.41) is 9.58. The predicted molar refractivity (Wildman–Crippen MR) is 107 cm³/mol. The zero-order valence-corrected chi connectivity index (χ0v) is 16.6. The molecule has 2 atom stereocenters. The summed E-state index contributed by atoms with van der Waals surface area (Å²) in [6.45, 7) is 3.31. The maximum atomic E-state index is 12.9. The van der Waals surface area contributed by atoms with Crippen LogP contribution < -0.4 is 16.0 Å². The molecule has 0 radical (unpaired) electrons. The number of imide groups is 1. The SMILES string of the molecule is O=C1CCC(N2Cc3ccc(CNCC4CCNC5(CC5)C4)cc3C2=O)C(=O)N1. The van der Waals surface area contributed by atoms with E-state index < -0.39 is 6.04 Å². The third kappa shape index (κ3) is 3.69. The van der Waals surface area contributed by atoms with Gasteiger partial charge in [0.15, 0.2) is 0 Å². The molecule has 1 aromatic carbocycles. The van der Waals surface area contributed by atoms with Crippen molar-refractivity contribution < 1.29 is 14.4 Å². The Morgan fingerprint density at radius 3 is 2.83 bits per heavy atom. The number of carbonyl (C=O) groups is 3. The van der Waals surface area contributed by atoms with Gasteiger partial charge >= 0.3 is 0 Å². The van der Waals surface area contributed by atoms with E-state index in [9.17, 15) is 14.4 Å². The molecule has 154 valence electrons. The van der Waals surface area contributed by atoms with E-state index in [1.54, 1.807) is 4.90 Å². The van der Waals surface area contributed by atoms with Crippen molar-refractivity contribution in [3.63, 3.8) is 0 Å². The minimum Gasteiger partial charge on any atom is -0.322 e. The van der Waals surface area contributed by atoms with E-state index in [2.05, 4.69) is 22.0 Å². The van der Waals surface area contributed by atoms with Gasteiger partial charge in [-0.25, -0.2) is 0 Å². The maximum absolute atomic E-state index is 12.9. The molecule has 1 aromatic rings. The van der Waals surface area contributed by atoms with Gasteiger partial charge in [0.25, 0.3) is 5.91 Å². The van der Waals surface area contributed by atoms with Crippen molar-refractivity contribution in [2.45, 2.75) is 63.2 Å². The number of piperidine rings is 2. The first-order chi connectivity index (χ1) is 14.0. The number of hydrogen-bond donors (Lipinski definition) is 3. The standard InChI is InChI=1S/C22H28N4O3/c27-19-4-3-18(20(28)25-19)26-13-16-2-1-14(9-17(16)21(26)29)11-23-12-15-5-8-24-22(10-15)6-7-22/h1-2,9,15,18,23-24H,3-8,10-13H2,(H,25,27,28). The minimum absolute atomic E-state index is 0.106. The van der Waals surface area contributed by atoms with Crippen LogP contribution in [0, 0.1) is 5.92 Å². The third-order valence-electron chi connectivity index (χ3n) is 6.94. The Kier molecular flexibility index (Phi) is 4.67. The van der Waals surface area contributed by atoms with Gasteiger partial charge < -0.3 is 15.5 Å². The number of benzene rings is 1. The van der Waals surface area contributed by atoms with Gasteiger partial charge in [0.1, 0.15) is 6.04 Å². The van der Waals surface area contributed by atoms with E-state index in [-0.39, 0.29) is 24.1 Å². The van der Waals surface area contributed by atoms with Crippen molar-refractivity contribution in [2.75, 3.05) is 13.1 Å². The molecular weight excluding hydrogens is 368 g/mol. The summed E-state index contributed by atoms with van der Waals surface area (Å²) in [6.07, 6.45) is 5.81. The molecule has 2 unspecified atom stereocenters. The van der Waals surface area contributed by atoms with Crippen LogP contribution in [0.5, 0.6) is 0 Å². The molecule has 29 heavy (non-hydrogen) atoms. The van der Waals surface area contributed by atoms with Gasteiger partial charge in [-0.2, -0.15) is 0 Å². The molecule has 1 saturated carbocycles. The zero-order chi connectivity index (χ0) is 20.0. The van der Waals surface area contributed by atoms with Gasteiger partial charge in [-0.05, 0) is 68.3 Å². The lowest BCUT2D eigenvalue weighted by Gasteiger charge is -2.30. The molecule has 4 aliphatic rings. The molecule has 3 aliphatic heterocycles. The maximum Gasteiger partial charge on any atom is 0.255 e. The van der Waals surface area contributed by atoms with Crippen molar-refractivity contribution >= 4 is 17.7 Å². The molecule has 3 N–H and O–H groups in total. The Morgan fingerprint density at radius 2 is 2.03 bits per heavy atom. The average molecular weight is 396 g/mol. The Hall–Kier alpha value is -2.25. The molecule has 0 aromatic heterocycles. The van der Waals surface area contributed by atoms with Gasteiger partial charge in [-0.1, -0.05) is 12.1 Å². The van der Waals surface area contributed by atoms with Crippen LogP contribution in [0.25, 0.3) is 0 Å². The number of amides is 3. The van der Waals surface area contributed by atoms with Gasteiger partial charge in [0.2, 0.25) is 11.8 Å². The van der Waals surface area contributed by atoms with Crippen molar-refractivity contribution in [3.8, 4) is 0 Å². The van der Waals surface area contributed by atoms with Crippen LogP contribution in [0.2, 0.25) is 0 Å². The molecule has 0 bridgehead atoms. The third-order valence-corrected chi connectivity index (χ3v) is 6.94. The van der Waals surface area contributed by atoms with Gasteiger partial charge in [0, 0.05) is 30.6 Å². The second-order valence-electron chi connectivity index (χ2n) is 9.09. The first kappa shape index (κ1) is 18.8. The highest BCUT2D eigenvalue weighted by atomic mass is 16.2. The summed E-state index contributed by atoms with van der Waals surface area (Å²) in [5.74, 6) is -0.00645. The topological polar surface area (TPSA) is 90.5 Å². The summed E-state index contributed by atoms with van der Waals surface area (Å²) in [7, 11) is 0. The number of nitrogens with zero attached hydrogens (tertiary/aromatic N) is 1. The van der Waals surface area contributed by atoms with Crippen molar-refractivity contribution in [1.29, 1.82) is 0 Å². The Morgan fingerprint density at radius 1 is 1.17 bits per heavy atom. The summed E-state index contributed by atoms with van der Waals surface area (Å²) in [4.78, 5) is 38.1. The fraction of sp³-hybridized carbons (Fsp3) is 0.591. The summed E-state index contributed by atoms with van der Waals surface area (Å²) < 4.78 is 0. The second-order valence-corrected chi connectivity index (χ2v) is 9.09. The highest BCUT2D eigenvalue weighted by molar-refractivity contribution is 6.05. The summed E-state index contributed by atoms with van der Waals surface area (Å²) in [6, 6.07) is 5.47. The largest absolute Gasteiger partial charge is 0.322 e. The molecular formula is C22H28N4O3. The van der Waals surface area contributed by atoms with Crippen molar-refractivity contribution in [2.24, 2.45) is 5.92 Å². The van der Waals surface area contributed by atoms with Crippen molar-refractivity contribution in [3.05, 3.63) is 34.9 Å². The van der Waals surface area contributed by atoms with E-state index >= 15 is 0 Å². The number of hydrogen-bond acceptors (Lipinski definition) is 5. The van der Waals surface area contributed by atoms with Crippen LogP contribution in [0.1, 0.15) is 60.0 Å². The molecule has 7 nitrogen and oxygen atoms in total. The van der Waals surface area contributed by atoms with Crippen LogP contribution in [-0.2, 0) is 22.7 Å². The predicted octanol–water partition coefficient (Wildman–Crippen LogP) is 1.07. The fourth-order valence-corrected chi connectivity index (χ4v) is 5.11. The molecule has 2 saturated heterocycles. The van der Waals surface area contributed by atoms with Crippen LogP contribution in [0.15, 0.2) is 18.2 Å². The second kappa shape index (κ2) is 7.22. The lowest BCUT2D eigenvalue weighted by Crippen LogP contribution is -2.52. The zero-order valence-electron chi connectivity index (χ0n) is 16.6. The lowest BCUT2D eigenvalue weighted by atomic mass is 9.90. The van der Waals surface area contributed by atoms with E-state index in [0.717, 1.165) is 36.7 Å². The number of fused-ring (bicyclic) bond motifs is 1. The van der Waals surface area contributed by atoms with Crippen LogP contribution in [-0.4, -0.2) is 47.3 Å². The minimum atomic E-state index is -0.552. The van der Waals surface area contributed by atoms with E-state index in [0.29, 0.717) is 24.1 Å².